The number of nitrogens with zero attached hydrogens (tertiary/aromatic N) is 2. The fraction of sp³-hybridized carbons (Fsp3) is 0.500. The lowest BCUT2D eigenvalue weighted by Crippen LogP contribution is -2.62. The number of nitrogens with one attached hydrogen (secondary N) is 2. The number of ether oxygens (including phenoxy) is 2. The molecule has 4 fully saturated rings. The first-order valence-corrected chi connectivity index (χ1v) is 11.3. The first-order valence-electron chi connectivity index (χ1n) is 11.3. The normalized spacial score (nSPS) is 30.0. The van der Waals surface area contributed by atoms with E-state index in [4.69, 9.17) is 9.47 Å². The van der Waals surface area contributed by atoms with Crippen molar-refractivity contribution < 1.29 is 14.3 Å². The Balaban J connectivity index is 1.25. The van der Waals surface area contributed by atoms with Crippen LogP contribution in [-0.2, 0) is 4.74 Å². The van der Waals surface area contributed by atoms with Gasteiger partial charge in [0.05, 0.1) is 19.3 Å². The average molecular weight is 423 g/mol. The van der Waals surface area contributed by atoms with Gasteiger partial charge in [0.1, 0.15) is 11.4 Å². The van der Waals surface area contributed by atoms with Crippen molar-refractivity contribution >= 4 is 5.91 Å². The van der Waals surface area contributed by atoms with Crippen molar-refractivity contribution in [2.45, 2.75) is 37.9 Å². The van der Waals surface area contributed by atoms with Gasteiger partial charge < -0.3 is 20.1 Å². The van der Waals surface area contributed by atoms with Gasteiger partial charge in [0.2, 0.25) is 0 Å². The Kier molecular flexibility index (Phi) is 5.89. The van der Waals surface area contributed by atoms with E-state index >= 15 is 0 Å². The number of carbonyl (C=O) groups is 1. The molecule has 0 aliphatic carbocycles. The molecule has 1 unspecified atom stereocenters. The van der Waals surface area contributed by atoms with Crippen LogP contribution >= 0.6 is 0 Å². The standard InChI is InChI=1S/C24H30N4O3/c1-16-22(17-8-12-28(16)13-9-17)27-24(29)18-4-6-19(7-5-18)31-21-3-2-10-26-23(21)20-15-30-14-11-25-20/h2-7,10,16-17,20,22,25H,8-9,11-15H2,1H3,(H,27,29)/t16-,20?,22-/m0/s1. The van der Waals surface area contributed by atoms with Crippen molar-refractivity contribution in [1.29, 1.82) is 0 Å². The van der Waals surface area contributed by atoms with Gasteiger partial charge in [-0.3, -0.25) is 14.7 Å². The fourth-order valence-corrected chi connectivity index (χ4v) is 5.07. The summed E-state index contributed by atoms with van der Waals surface area (Å²) < 4.78 is 11.7. The van der Waals surface area contributed by atoms with E-state index < -0.39 is 0 Å². The molecule has 4 aliphatic heterocycles. The molecule has 7 heteroatoms. The number of pyridine rings is 1. The van der Waals surface area contributed by atoms with E-state index in [0.29, 0.717) is 42.2 Å². The molecule has 6 rings (SSSR count). The maximum Gasteiger partial charge on any atom is 0.251 e. The SMILES string of the molecule is C[C@H]1[C@H](NC(=O)c2ccc(Oc3cccnc3C3COCCN3)cc2)C2CCN1CC2. The summed E-state index contributed by atoms with van der Waals surface area (Å²) in [6, 6.07) is 11.8. The molecule has 0 radical (unpaired) electrons. The van der Waals surface area contributed by atoms with E-state index in [1.54, 1.807) is 6.20 Å². The van der Waals surface area contributed by atoms with Crippen LogP contribution in [0.1, 0.15) is 41.9 Å². The molecule has 31 heavy (non-hydrogen) atoms. The number of carbonyl (C=O) groups excluding carboxylic acids is 1. The van der Waals surface area contributed by atoms with Crippen LogP contribution in [0.15, 0.2) is 42.6 Å². The Bertz CT molecular complexity index is 903. The minimum absolute atomic E-state index is 0.0113. The molecule has 0 spiro atoms. The number of aromatic nitrogens is 1. The van der Waals surface area contributed by atoms with Crippen LogP contribution in [0.2, 0.25) is 0 Å². The maximum absolute atomic E-state index is 12.9. The molecule has 1 aromatic carbocycles. The van der Waals surface area contributed by atoms with Gasteiger partial charge in [0, 0.05) is 30.4 Å². The molecule has 4 aliphatic rings. The molecule has 7 nitrogen and oxygen atoms in total. The predicted octanol–water partition coefficient (Wildman–Crippen LogP) is 2.75. The summed E-state index contributed by atoms with van der Waals surface area (Å²) in [6.45, 7) is 6.62. The minimum atomic E-state index is -0.0113. The van der Waals surface area contributed by atoms with E-state index in [1.165, 1.54) is 12.8 Å². The van der Waals surface area contributed by atoms with Crippen molar-refractivity contribution in [3.63, 3.8) is 0 Å². The zero-order chi connectivity index (χ0) is 21.2. The second-order valence-electron chi connectivity index (χ2n) is 8.71. The van der Waals surface area contributed by atoms with Crippen molar-refractivity contribution in [1.82, 2.24) is 20.5 Å². The number of rotatable bonds is 5. The molecule has 5 heterocycles. The van der Waals surface area contributed by atoms with E-state index in [9.17, 15) is 4.79 Å². The molecule has 3 atom stereocenters. The largest absolute Gasteiger partial charge is 0.455 e. The second kappa shape index (κ2) is 8.94. The highest BCUT2D eigenvalue weighted by molar-refractivity contribution is 5.94. The van der Waals surface area contributed by atoms with Gasteiger partial charge in [-0.15, -0.1) is 0 Å². The number of amides is 1. The molecule has 1 aromatic heterocycles. The second-order valence-corrected chi connectivity index (χ2v) is 8.71. The third-order valence-electron chi connectivity index (χ3n) is 6.87. The summed E-state index contributed by atoms with van der Waals surface area (Å²) in [5.74, 6) is 1.96. The zero-order valence-corrected chi connectivity index (χ0v) is 17.9. The Labute approximate surface area is 183 Å². The van der Waals surface area contributed by atoms with Crippen LogP contribution in [0.5, 0.6) is 11.5 Å². The molecular weight excluding hydrogens is 392 g/mol. The highest BCUT2D eigenvalue weighted by Gasteiger charge is 2.40. The van der Waals surface area contributed by atoms with Gasteiger partial charge >= 0.3 is 0 Å². The maximum atomic E-state index is 12.9. The predicted molar refractivity (Wildman–Crippen MR) is 117 cm³/mol. The molecule has 0 saturated carbocycles. The monoisotopic (exact) mass is 422 g/mol. The number of hydrogen-bond donors (Lipinski definition) is 2. The third-order valence-corrected chi connectivity index (χ3v) is 6.87. The average Bonchev–Trinajstić information content (AvgIpc) is 2.83. The summed E-state index contributed by atoms with van der Waals surface area (Å²) >= 11 is 0. The highest BCUT2D eigenvalue weighted by Crippen LogP contribution is 2.32. The Morgan fingerprint density at radius 3 is 2.74 bits per heavy atom. The van der Waals surface area contributed by atoms with Crippen LogP contribution in [0, 0.1) is 5.92 Å². The van der Waals surface area contributed by atoms with Crippen LogP contribution < -0.4 is 15.4 Å². The lowest BCUT2D eigenvalue weighted by Gasteiger charge is -2.49. The van der Waals surface area contributed by atoms with Crippen molar-refractivity contribution in [3.8, 4) is 11.5 Å². The molecule has 1 amide bonds. The minimum Gasteiger partial charge on any atom is -0.455 e. The highest BCUT2D eigenvalue weighted by atomic mass is 16.5. The molecular formula is C24H30N4O3. The molecule has 2 aromatic rings. The topological polar surface area (TPSA) is 75.7 Å². The molecule has 164 valence electrons. The Morgan fingerprint density at radius 1 is 1.23 bits per heavy atom. The van der Waals surface area contributed by atoms with Gasteiger partial charge in [-0.1, -0.05) is 0 Å². The van der Waals surface area contributed by atoms with Crippen molar-refractivity contribution in [3.05, 3.63) is 53.9 Å². The van der Waals surface area contributed by atoms with Crippen LogP contribution in [0.25, 0.3) is 0 Å². The van der Waals surface area contributed by atoms with E-state index in [2.05, 4.69) is 27.4 Å². The van der Waals surface area contributed by atoms with Gasteiger partial charge in [0.25, 0.3) is 5.91 Å². The number of benzene rings is 1. The Hall–Kier alpha value is -2.48. The summed E-state index contributed by atoms with van der Waals surface area (Å²) in [4.78, 5) is 19.8. The smallest absolute Gasteiger partial charge is 0.251 e. The first kappa shape index (κ1) is 20.4. The van der Waals surface area contributed by atoms with Gasteiger partial charge in [-0.2, -0.15) is 0 Å². The quantitative estimate of drug-likeness (QED) is 0.772. The number of fused-ring (bicyclic) bond motifs is 3. The van der Waals surface area contributed by atoms with Crippen molar-refractivity contribution in [2.75, 3.05) is 32.8 Å². The van der Waals surface area contributed by atoms with E-state index in [1.807, 2.05) is 36.4 Å². The number of hydrogen-bond acceptors (Lipinski definition) is 6. The zero-order valence-electron chi connectivity index (χ0n) is 17.9. The van der Waals surface area contributed by atoms with Crippen LogP contribution in [0.3, 0.4) is 0 Å². The van der Waals surface area contributed by atoms with E-state index in [-0.39, 0.29) is 18.0 Å². The first-order chi connectivity index (χ1) is 15.2. The summed E-state index contributed by atoms with van der Waals surface area (Å²) in [5, 5.41) is 6.70. The Morgan fingerprint density at radius 2 is 2.03 bits per heavy atom. The molecule has 2 N–H and O–H groups in total. The summed E-state index contributed by atoms with van der Waals surface area (Å²) in [7, 11) is 0. The lowest BCUT2D eigenvalue weighted by atomic mass is 9.79. The fourth-order valence-electron chi connectivity index (χ4n) is 5.07. The van der Waals surface area contributed by atoms with Crippen LogP contribution in [0.4, 0.5) is 0 Å². The summed E-state index contributed by atoms with van der Waals surface area (Å²) in [5.41, 5.74) is 1.49. The van der Waals surface area contributed by atoms with E-state index in [0.717, 1.165) is 25.3 Å². The summed E-state index contributed by atoms with van der Waals surface area (Å²) in [6.07, 6.45) is 4.12. The lowest BCUT2D eigenvalue weighted by molar-refractivity contribution is 0.0217. The molecule has 4 saturated heterocycles. The van der Waals surface area contributed by atoms with Crippen LogP contribution in [-0.4, -0.2) is 60.7 Å². The van der Waals surface area contributed by atoms with Gasteiger partial charge in [-0.25, -0.2) is 0 Å². The van der Waals surface area contributed by atoms with Gasteiger partial charge in [-0.05, 0) is 75.2 Å². The molecule has 2 bridgehead atoms. The number of morpholine rings is 1. The number of piperidine rings is 3. The third kappa shape index (κ3) is 4.31. The van der Waals surface area contributed by atoms with Crippen molar-refractivity contribution in [2.24, 2.45) is 5.92 Å². The van der Waals surface area contributed by atoms with Gasteiger partial charge in [0.15, 0.2) is 5.75 Å².